The number of hydrogen-bond acceptors (Lipinski definition) is 4. The maximum Gasteiger partial charge on any atom is 0.319 e. The molecule has 0 aliphatic rings. The molecule has 2 aromatic carbocycles. The van der Waals surface area contributed by atoms with E-state index in [1.165, 1.54) is 19.2 Å². The van der Waals surface area contributed by atoms with E-state index in [1.807, 2.05) is 0 Å². The molecule has 2 amide bonds. The molecule has 0 heterocycles. The Bertz CT molecular complexity index is 737. The van der Waals surface area contributed by atoms with Gasteiger partial charge in [0.05, 0.1) is 13.7 Å². The summed E-state index contributed by atoms with van der Waals surface area (Å²) in [7, 11) is 1.51. The lowest BCUT2D eigenvalue weighted by Gasteiger charge is -2.13. The number of ether oxygens (including phenoxy) is 2. The van der Waals surface area contributed by atoms with E-state index in [0.717, 1.165) is 11.1 Å². The largest absolute Gasteiger partial charge is 0.493 e. The molecular formula is C18H21FN2O4. The first-order valence-electron chi connectivity index (χ1n) is 7.75. The SMILES string of the molecule is COc1cc(CNC(=O)Nc2cc(F)ccc2C)ccc1OCCO. The maximum atomic E-state index is 13.2. The predicted molar refractivity (Wildman–Crippen MR) is 92.6 cm³/mol. The van der Waals surface area contributed by atoms with Gasteiger partial charge in [-0.05, 0) is 42.3 Å². The maximum absolute atomic E-state index is 13.2. The summed E-state index contributed by atoms with van der Waals surface area (Å²) < 4.78 is 23.8. The molecule has 0 aliphatic carbocycles. The van der Waals surface area contributed by atoms with Gasteiger partial charge in [0.1, 0.15) is 12.4 Å². The van der Waals surface area contributed by atoms with Gasteiger partial charge in [-0.3, -0.25) is 0 Å². The highest BCUT2D eigenvalue weighted by Crippen LogP contribution is 2.28. The number of methoxy groups -OCH3 is 1. The first-order valence-corrected chi connectivity index (χ1v) is 7.75. The molecule has 0 radical (unpaired) electrons. The first-order chi connectivity index (χ1) is 12.0. The smallest absolute Gasteiger partial charge is 0.319 e. The van der Waals surface area contributed by atoms with Crippen LogP contribution in [0.4, 0.5) is 14.9 Å². The summed E-state index contributed by atoms with van der Waals surface area (Å²) >= 11 is 0. The molecule has 0 saturated carbocycles. The van der Waals surface area contributed by atoms with E-state index in [4.69, 9.17) is 14.6 Å². The second-order valence-corrected chi connectivity index (χ2v) is 5.32. The van der Waals surface area contributed by atoms with Crippen molar-refractivity contribution >= 4 is 11.7 Å². The number of carbonyl (C=O) groups is 1. The second-order valence-electron chi connectivity index (χ2n) is 5.32. The van der Waals surface area contributed by atoms with Crippen molar-refractivity contribution in [3.8, 4) is 11.5 Å². The van der Waals surface area contributed by atoms with Gasteiger partial charge in [-0.2, -0.15) is 0 Å². The molecule has 0 spiro atoms. The summed E-state index contributed by atoms with van der Waals surface area (Å²) in [5, 5.41) is 14.1. The van der Waals surface area contributed by atoms with Crippen molar-refractivity contribution in [2.24, 2.45) is 0 Å². The van der Waals surface area contributed by atoms with Gasteiger partial charge < -0.3 is 25.2 Å². The molecule has 0 aromatic heterocycles. The number of carbonyl (C=O) groups excluding carboxylic acids is 1. The minimum Gasteiger partial charge on any atom is -0.493 e. The summed E-state index contributed by atoms with van der Waals surface area (Å²) in [6.07, 6.45) is 0. The van der Waals surface area contributed by atoms with Crippen LogP contribution in [0, 0.1) is 12.7 Å². The van der Waals surface area contributed by atoms with Gasteiger partial charge in [0.25, 0.3) is 0 Å². The predicted octanol–water partition coefficient (Wildman–Crippen LogP) is 2.84. The first kappa shape index (κ1) is 18.5. The van der Waals surface area contributed by atoms with Crippen LogP contribution in [0.5, 0.6) is 11.5 Å². The number of urea groups is 1. The standard InChI is InChI=1S/C18H21FN2O4/c1-12-3-5-14(19)10-15(12)21-18(23)20-11-13-4-6-16(25-8-7-22)17(9-13)24-2/h3-6,9-10,22H,7-8,11H2,1-2H3,(H2,20,21,23). The number of anilines is 1. The number of hydrogen-bond donors (Lipinski definition) is 3. The average Bonchev–Trinajstić information content (AvgIpc) is 2.61. The number of aliphatic hydroxyl groups excluding tert-OH is 1. The fourth-order valence-electron chi connectivity index (χ4n) is 2.17. The Morgan fingerprint density at radius 2 is 2.00 bits per heavy atom. The van der Waals surface area contributed by atoms with Crippen LogP contribution in [-0.4, -0.2) is 31.5 Å². The van der Waals surface area contributed by atoms with Crippen LogP contribution < -0.4 is 20.1 Å². The van der Waals surface area contributed by atoms with Crippen LogP contribution in [0.2, 0.25) is 0 Å². The van der Waals surface area contributed by atoms with Gasteiger partial charge in [-0.1, -0.05) is 12.1 Å². The second kappa shape index (κ2) is 8.89. The minimum atomic E-state index is -0.437. The van der Waals surface area contributed by atoms with E-state index in [0.29, 0.717) is 17.2 Å². The lowest BCUT2D eigenvalue weighted by atomic mass is 10.2. The van der Waals surface area contributed by atoms with Crippen molar-refractivity contribution in [1.82, 2.24) is 5.32 Å². The highest BCUT2D eigenvalue weighted by atomic mass is 19.1. The summed E-state index contributed by atoms with van der Waals surface area (Å²) in [5.74, 6) is 0.610. The van der Waals surface area contributed by atoms with Gasteiger partial charge in [-0.15, -0.1) is 0 Å². The molecule has 6 nitrogen and oxygen atoms in total. The van der Waals surface area contributed by atoms with Crippen LogP contribution in [0.1, 0.15) is 11.1 Å². The van der Waals surface area contributed by atoms with E-state index in [9.17, 15) is 9.18 Å². The number of amides is 2. The van der Waals surface area contributed by atoms with Crippen LogP contribution in [-0.2, 0) is 6.54 Å². The number of nitrogens with one attached hydrogen (secondary N) is 2. The molecule has 0 unspecified atom stereocenters. The van der Waals surface area contributed by atoms with E-state index >= 15 is 0 Å². The number of benzene rings is 2. The molecule has 134 valence electrons. The Kier molecular flexibility index (Phi) is 6.59. The van der Waals surface area contributed by atoms with Crippen molar-refractivity contribution < 1.29 is 23.8 Å². The Morgan fingerprint density at radius 3 is 2.72 bits per heavy atom. The van der Waals surface area contributed by atoms with Crippen LogP contribution in [0.15, 0.2) is 36.4 Å². The third-order valence-electron chi connectivity index (χ3n) is 3.48. The fourth-order valence-corrected chi connectivity index (χ4v) is 2.17. The zero-order chi connectivity index (χ0) is 18.2. The van der Waals surface area contributed by atoms with Crippen molar-refractivity contribution in [1.29, 1.82) is 0 Å². The number of halogens is 1. The third-order valence-corrected chi connectivity index (χ3v) is 3.48. The quantitative estimate of drug-likeness (QED) is 0.719. The number of aryl methyl sites for hydroxylation is 1. The Balaban J connectivity index is 1.96. The molecule has 3 N–H and O–H groups in total. The summed E-state index contributed by atoms with van der Waals surface area (Å²) in [5.41, 5.74) is 1.99. The van der Waals surface area contributed by atoms with Gasteiger partial charge in [0, 0.05) is 12.2 Å². The van der Waals surface area contributed by atoms with Gasteiger partial charge >= 0.3 is 6.03 Å². The molecule has 25 heavy (non-hydrogen) atoms. The Morgan fingerprint density at radius 1 is 1.20 bits per heavy atom. The van der Waals surface area contributed by atoms with E-state index in [2.05, 4.69) is 10.6 Å². The fraction of sp³-hybridized carbons (Fsp3) is 0.278. The average molecular weight is 348 g/mol. The van der Waals surface area contributed by atoms with Crippen LogP contribution in [0.3, 0.4) is 0 Å². The lowest BCUT2D eigenvalue weighted by molar-refractivity contribution is 0.196. The summed E-state index contributed by atoms with van der Waals surface area (Å²) in [6, 6.07) is 8.99. The molecular weight excluding hydrogens is 327 g/mol. The van der Waals surface area contributed by atoms with Crippen molar-refractivity contribution in [2.75, 3.05) is 25.6 Å². The highest BCUT2D eigenvalue weighted by Gasteiger charge is 2.08. The molecule has 0 bridgehead atoms. The molecule has 0 saturated heterocycles. The lowest BCUT2D eigenvalue weighted by Crippen LogP contribution is -2.28. The van der Waals surface area contributed by atoms with Crippen LogP contribution in [0.25, 0.3) is 0 Å². The van der Waals surface area contributed by atoms with Crippen molar-refractivity contribution in [2.45, 2.75) is 13.5 Å². The minimum absolute atomic E-state index is 0.0911. The number of aliphatic hydroxyl groups is 1. The zero-order valence-corrected chi connectivity index (χ0v) is 14.1. The van der Waals surface area contributed by atoms with Crippen molar-refractivity contribution in [3.05, 3.63) is 53.3 Å². The molecule has 7 heteroatoms. The normalized spacial score (nSPS) is 10.2. The van der Waals surface area contributed by atoms with Crippen LogP contribution >= 0.6 is 0 Å². The van der Waals surface area contributed by atoms with E-state index in [1.54, 1.807) is 31.2 Å². The topological polar surface area (TPSA) is 79.8 Å². The van der Waals surface area contributed by atoms with Gasteiger partial charge in [0.2, 0.25) is 0 Å². The number of rotatable bonds is 7. The third kappa shape index (κ3) is 5.36. The molecule has 0 fully saturated rings. The Hall–Kier alpha value is -2.80. The van der Waals surface area contributed by atoms with Crippen molar-refractivity contribution in [3.63, 3.8) is 0 Å². The van der Waals surface area contributed by atoms with E-state index in [-0.39, 0.29) is 19.8 Å². The molecule has 2 aromatic rings. The Labute approximate surface area is 145 Å². The molecule has 0 aliphatic heterocycles. The molecule has 0 atom stereocenters. The molecule has 2 rings (SSSR count). The van der Waals surface area contributed by atoms with E-state index < -0.39 is 11.8 Å². The summed E-state index contributed by atoms with van der Waals surface area (Å²) in [4.78, 5) is 12.0. The summed E-state index contributed by atoms with van der Waals surface area (Å²) in [6.45, 7) is 2.12. The van der Waals surface area contributed by atoms with Gasteiger partial charge in [0.15, 0.2) is 11.5 Å². The monoisotopic (exact) mass is 348 g/mol. The van der Waals surface area contributed by atoms with Gasteiger partial charge in [-0.25, -0.2) is 9.18 Å². The highest BCUT2D eigenvalue weighted by molar-refractivity contribution is 5.90. The zero-order valence-electron chi connectivity index (χ0n) is 14.1.